The minimum atomic E-state index is -0.223. The molecule has 1 aliphatic rings. The number of ether oxygens (including phenoxy) is 3. The first kappa shape index (κ1) is 23.4. The molecule has 0 radical (unpaired) electrons. The lowest BCUT2D eigenvalue weighted by atomic mass is 9.82. The van der Waals surface area contributed by atoms with Crippen molar-refractivity contribution in [1.82, 2.24) is 5.32 Å². The Morgan fingerprint density at radius 2 is 1.88 bits per heavy atom. The van der Waals surface area contributed by atoms with Crippen LogP contribution in [0.15, 0.2) is 36.4 Å². The van der Waals surface area contributed by atoms with Gasteiger partial charge in [-0.1, -0.05) is 32.9 Å². The molecule has 2 amide bonds. The normalized spacial score (nSPS) is 13.3. The highest BCUT2D eigenvalue weighted by molar-refractivity contribution is 6.02. The third-order valence-electron chi connectivity index (χ3n) is 6.05. The number of hydrogen-bond donors (Lipinski definition) is 1. The molecule has 0 aliphatic carbocycles. The molecule has 0 spiro atoms. The summed E-state index contributed by atoms with van der Waals surface area (Å²) in [4.78, 5) is 26.7. The van der Waals surface area contributed by atoms with Crippen LogP contribution in [0.1, 0.15) is 38.3 Å². The molecule has 2 aromatic carbocycles. The zero-order chi connectivity index (χ0) is 23.3. The van der Waals surface area contributed by atoms with Crippen LogP contribution in [0, 0.1) is 0 Å². The lowest BCUT2D eigenvalue weighted by molar-refractivity contribution is -0.125. The highest BCUT2D eigenvalue weighted by atomic mass is 16.5. The molecule has 7 heteroatoms. The van der Waals surface area contributed by atoms with Crippen molar-refractivity contribution in [2.75, 3.05) is 38.8 Å². The number of nitrogens with one attached hydrogen (secondary N) is 1. The van der Waals surface area contributed by atoms with E-state index < -0.39 is 0 Å². The number of methoxy groups -OCH3 is 2. The molecular weight excluding hydrogens is 408 g/mol. The molecule has 0 bridgehead atoms. The van der Waals surface area contributed by atoms with E-state index in [1.807, 2.05) is 36.4 Å². The number of amides is 2. The van der Waals surface area contributed by atoms with Crippen LogP contribution in [-0.4, -0.2) is 45.7 Å². The van der Waals surface area contributed by atoms with Gasteiger partial charge in [-0.05, 0) is 53.6 Å². The Morgan fingerprint density at radius 3 is 2.56 bits per heavy atom. The number of benzene rings is 2. The molecule has 1 N–H and O–H groups in total. The Balaban J connectivity index is 1.65. The third kappa shape index (κ3) is 5.15. The molecular formula is C25H32N2O5. The maximum atomic E-state index is 12.6. The van der Waals surface area contributed by atoms with Crippen molar-refractivity contribution in [3.8, 4) is 17.2 Å². The van der Waals surface area contributed by atoms with Gasteiger partial charge >= 0.3 is 0 Å². The van der Waals surface area contributed by atoms with E-state index in [-0.39, 0.29) is 30.4 Å². The molecule has 0 unspecified atom stereocenters. The van der Waals surface area contributed by atoms with Crippen molar-refractivity contribution in [1.29, 1.82) is 0 Å². The second kappa shape index (κ2) is 9.94. The van der Waals surface area contributed by atoms with Gasteiger partial charge in [0, 0.05) is 6.54 Å². The summed E-state index contributed by atoms with van der Waals surface area (Å²) in [5.74, 6) is 1.50. The minimum absolute atomic E-state index is 0.0388. The van der Waals surface area contributed by atoms with E-state index in [1.165, 1.54) is 4.90 Å². The van der Waals surface area contributed by atoms with Gasteiger partial charge in [-0.2, -0.15) is 0 Å². The zero-order valence-electron chi connectivity index (χ0n) is 19.5. The second-order valence-electron chi connectivity index (χ2n) is 8.48. The van der Waals surface area contributed by atoms with E-state index in [4.69, 9.17) is 14.2 Å². The van der Waals surface area contributed by atoms with Crippen LogP contribution in [0.4, 0.5) is 5.69 Å². The van der Waals surface area contributed by atoms with Gasteiger partial charge in [-0.15, -0.1) is 0 Å². The van der Waals surface area contributed by atoms with Crippen molar-refractivity contribution in [3.05, 3.63) is 47.5 Å². The molecule has 0 aromatic heterocycles. The molecule has 1 heterocycles. The number of nitrogens with zero attached hydrogens (tertiary/aromatic N) is 1. The molecule has 0 atom stereocenters. The molecule has 1 aliphatic heterocycles. The van der Waals surface area contributed by atoms with E-state index in [9.17, 15) is 9.59 Å². The van der Waals surface area contributed by atoms with Gasteiger partial charge in [0.25, 0.3) is 5.91 Å². The van der Waals surface area contributed by atoms with Crippen LogP contribution in [0.5, 0.6) is 17.2 Å². The lowest BCUT2D eigenvalue weighted by Gasteiger charge is -2.31. The number of carbonyl (C=O) groups is 2. The van der Waals surface area contributed by atoms with Crippen LogP contribution >= 0.6 is 0 Å². The fraction of sp³-hybridized carbons (Fsp3) is 0.440. The summed E-state index contributed by atoms with van der Waals surface area (Å²) >= 11 is 0. The van der Waals surface area contributed by atoms with Crippen molar-refractivity contribution in [2.45, 2.75) is 39.0 Å². The van der Waals surface area contributed by atoms with Gasteiger partial charge in [0.05, 0.1) is 19.9 Å². The van der Waals surface area contributed by atoms with E-state index in [1.54, 1.807) is 14.2 Å². The number of rotatable bonds is 9. The molecule has 32 heavy (non-hydrogen) atoms. The van der Waals surface area contributed by atoms with E-state index >= 15 is 0 Å². The summed E-state index contributed by atoms with van der Waals surface area (Å²) in [5, 5.41) is 2.91. The Bertz CT molecular complexity index is 986. The first-order valence-electron chi connectivity index (χ1n) is 10.8. The highest BCUT2D eigenvalue weighted by Crippen LogP contribution is 2.37. The van der Waals surface area contributed by atoms with E-state index in [2.05, 4.69) is 26.1 Å². The molecule has 2 aromatic rings. The van der Waals surface area contributed by atoms with Gasteiger partial charge in [0.15, 0.2) is 18.1 Å². The van der Waals surface area contributed by atoms with E-state index in [0.29, 0.717) is 35.9 Å². The average molecular weight is 441 g/mol. The van der Waals surface area contributed by atoms with Crippen LogP contribution in [0.3, 0.4) is 0 Å². The SMILES string of the molecule is CCC(C)(C)c1ccc2c(c1)N(CC(=O)NCCc1ccc(OC)c(OC)c1)C(=O)CO2. The van der Waals surface area contributed by atoms with Gasteiger partial charge in [-0.25, -0.2) is 0 Å². The molecule has 0 fully saturated rings. The van der Waals surface area contributed by atoms with Gasteiger partial charge < -0.3 is 19.5 Å². The van der Waals surface area contributed by atoms with Crippen molar-refractivity contribution in [3.63, 3.8) is 0 Å². The summed E-state index contributed by atoms with van der Waals surface area (Å²) in [6.07, 6.45) is 1.59. The quantitative estimate of drug-likeness (QED) is 0.646. The summed E-state index contributed by atoms with van der Waals surface area (Å²) in [7, 11) is 3.18. The summed E-state index contributed by atoms with van der Waals surface area (Å²) in [6.45, 7) is 6.78. The fourth-order valence-corrected chi connectivity index (χ4v) is 3.58. The molecule has 0 saturated heterocycles. The Hall–Kier alpha value is -3.22. The minimum Gasteiger partial charge on any atom is -0.493 e. The largest absolute Gasteiger partial charge is 0.493 e. The first-order valence-corrected chi connectivity index (χ1v) is 10.8. The Labute approximate surface area is 189 Å². The zero-order valence-corrected chi connectivity index (χ0v) is 19.5. The molecule has 0 saturated carbocycles. The van der Waals surface area contributed by atoms with Crippen molar-refractivity contribution in [2.24, 2.45) is 0 Å². The van der Waals surface area contributed by atoms with Gasteiger partial charge in [0.1, 0.15) is 12.3 Å². The number of fused-ring (bicyclic) bond motifs is 1. The maximum absolute atomic E-state index is 12.6. The molecule has 172 valence electrons. The van der Waals surface area contributed by atoms with Crippen LogP contribution < -0.4 is 24.4 Å². The van der Waals surface area contributed by atoms with Crippen LogP contribution in [0.2, 0.25) is 0 Å². The Kier molecular flexibility index (Phi) is 7.28. The predicted molar refractivity (Wildman–Crippen MR) is 124 cm³/mol. The number of anilines is 1. The topological polar surface area (TPSA) is 77.1 Å². The predicted octanol–water partition coefficient (Wildman–Crippen LogP) is 3.48. The highest BCUT2D eigenvalue weighted by Gasteiger charge is 2.29. The standard InChI is InChI=1S/C25H32N2O5/c1-6-25(2,3)18-8-10-20-19(14-18)27(24(29)16-32-20)15-23(28)26-12-11-17-7-9-21(30-4)22(13-17)31-5/h7-10,13-14H,6,11-12,15-16H2,1-5H3,(H,26,28). The number of carbonyl (C=O) groups excluding carboxylic acids is 2. The second-order valence-corrected chi connectivity index (χ2v) is 8.48. The smallest absolute Gasteiger partial charge is 0.265 e. The number of hydrogen-bond acceptors (Lipinski definition) is 5. The van der Waals surface area contributed by atoms with Crippen LogP contribution in [-0.2, 0) is 21.4 Å². The Morgan fingerprint density at radius 1 is 1.12 bits per heavy atom. The van der Waals surface area contributed by atoms with Crippen molar-refractivity contribution < 1.29 is 23.8 Å². The average Bonchev–Trinajstić information content (AvgIpc) is 2.80. The summed E-state index contributed by atoms with van der Waals surface area (Å²) in [5.41, 5.74) is 2.73. The molecule has 7 nitrogen and oxygen atoms in total. The van der Waals surface area contributed by atoms with Crippen molar-refractivity contribution >= 4 is 17.5 Å². The lowest BCUT2D eigenvalue weighted by Crippen LogP contribution is -2.45. The third-order valence-corrected chi connectivity index (χ3v) is 6.05. The van der Waals surface area contributed by atoms with E-state index in [0.717, 1.165) is 17.5 Å². The monoisotopic (exact) mass is 440 g/mol. The summed E-state index contributed by atoms with van der Waals surface area (Å²) in [6, 6.07) is 11.5. The first-order chi connectivity index (χ1) is 15.3. The van der Waals surface area contributed by atoms with Gasteiger partial charge in [-0.3, -0.25) is 14.5 Å². The summed E-state index contributed by atoms with van der Waals surface area (Å²) < 4.78 is 16.2. The maximum Gasteiger partial charge on any atom is 0.265 e. The van der Waals surface area contributed by atoms with Gasteiger partial charge in [0.2, 0.25) is 5.91 Å². The molecule has 3 rings (SSSR count). The van der Waals surface area contributed by atoms with Crippen LogP contribution in [0.25, 0.3) is 0 Å². The fourth-order valence-electron chi connectivity index (χ4n) is 3.58.